The third-order valence-corrected chi connectivity index (χ3v) is 7.03. The molecule has 3 N–H and O–H groups in total. The van der Waals surface area contributed by atoms with E-state index in [2.05, 4.69) is 33.6 Å². The van der Waals surface area contributed by atoms with E-state index >= 15 is 0 Å². The van der Waals surface area contributed by atoms with E-state index in [4.69, 9.17) is 0 Å². The molecular weight excluding hydrogens is 414 g/mol. The number of amides is 2. The average molecular weight is 450 g/mol. The molecule has 2 aliphatic rings. The lowest BCUT2D eigenvalue weighted by Gasteiger charge is -2.32. The number of aromatic amines is 1. The van der Waals surface area contributed by atoms with Crippen LogP contribution in [-0.4, -0.2) is 47.4 Å². The topological polar surface area (TPSA) is 101 Å². The molecule has 4 rings (SSSR count). The van der Waals surface area contributed by atoms with Crippen LogP contribution in [0.4, 0.5) is 0 Å². The van der Waals surface area contributed by atoms with Crippen molar-refractivity contribution >= 4 is 22.7 Å². The lowest BCUT2D eigenvalue weighted by atomic mass is 9.83. The van der Waals surface area contributed by atoms with Crippen molar-refractivity contribution in [2.45, 2.75) is 71.0 Å². The van der Waals surface area contributed by atoms with Crippen molar-refractivity contribution in [2.24, 2.45) is 11.8 Å². The first-order valence-corrected chi connectivity index (χ1v) is 12.2. The highest BCUT2D eigenvalue weighted by Gasteiger charge is 2.33. The van der Waals surface area contributed by atoms with E-state index in [0.29, 0.717) is 17.9 Å². The predicted octanol–water partition coefficient (Wildman–Crippen LogP) is 3.50. The number of hydrogen-bond donors (Lipinski definition) is 3. The van der Waals surface area contributed by atoms with Gasteiger partial charge in [-0.1, -0.05) is 26.7 Å². The molecule has 2 amide bonds. The van der Waals surface area contributed by atoms with Crippen LogP contribution in [0.2, 0.25) is 0 Å². The van der Waals surface area contributed by atoms with Crippen LogP contribution >= 0.6 is 0 Å². The Morgan fingerprint density at radius 3 is 2.82 bits per heavy atom. The maximum atomic E-state index is 13.2. The van der Waals surface area contributed by atoms with Gasteiger partial charge in [0.2, 0.25) is 5.91 Å². The van der Waals surface area contributed by atoms with Crippen LogP contribution < -0.4 is 10.6 Å². The van der Waals surface area contributed by atoms with Gasteiger partial charge in [0.1, 0.15) is 6.04 Å². The van der Waals surface area contributed by atoms with Gasteiger partial charge in [-0.15, -0.1) is 0 Å². The number of nitrogens with one attached hydrogen (secondary N) is 3. The Kier molecular flexibility index (Phi) is 7.04. The zero-order valence-corrected chi connectivity index (χ0v) is 19.9. The van der Waals surface area contributed by atoms with E-state index in [1.54, 1.807) is 0 Å². The van der Waals surface area contributed by atoms with Crippen molar-refractivity contribution in [3.05, 3.63) is 35.0 Å². The highest BCUT2D eigenvalue weighted by atomic mass is 16.2. The fourth-order valence-corrected chi connectivity index (χ4v) is 5.25. The van der Waals surface area contributed by atoms with Gasteiger partial charge >= 0.3 is 0 Å². The number of hydrogen-bond acceptors (Lipinski definition) is 4. The second-order valence-electron chi connectivity index (χ2n) is 10.1. The molecule has 2 aromatic rings. The summed E-state index contributed by atoms with van der Waals surface area (Å²) in [4.78, 5) is 32.0. The first kappa shape index (κ1) is 23.3. The molecule has 1 fully saturated rings. The Labute approximate surface area is 195 Å². The van der Waals surface area contributed by atoms with E-state index in [0.717, 1.165) is 56.1 Å². The van der Waals surface area contributed by atoms with Crippen molar-refractivity contribution in [2.75, 3.05) is 13.6 Å². The van der Waals surface area contributed by atoms with Gasteiger partial charge in [-0.05, 0) is 56.0 Å². The molecule has 3 atom stereocenters. The molecule has 0 spiro atoms. The van der Waals surface area contributed by atoms with Gasteiger partial charge < -0.3 is 20.5 Å². The molecule has 0 bridgehead atoms. The van der Waals surface area contributed by atoms with E-state index in [-0.39, 0.29) is 23.8 Å². The van der Waals surface area contributed by atoms with E-state index in [1.807, 2.05) is 32.0 Å². The molecule has 1 aliphatic carbocycles. The minimum Gasteiger partial charge on any atom is -0.358 e. The number of likely N-dealkylation sites (N-methyl/N-ethyl adjacent to an activating group) is 1. The molecule has 7 heteroatoms. The number of benzene rings is 1. The summed E-state index contributed by atoms with van der Waals surface area (Å²) in [6, 6.07) is 7.31. The van der Waals surface area contributed by atoms with Gasteiger partial charge in [-0.2, -0.15) is 5.26 Å². The summed E-state index contributed by atoms with van der Waals surface area (Å²) in [5.41, 5.74) is 4.22. The normalized spacial score (nSPS) is 21.9. The van der Waals surface area contributed by atoms with Crippen LogP contribution in [0.25, 0.3) is 10.9 Å². The van der Waals surface area contributed by atoms with Crippen LogP contribution in [0.3, 0.4) is 0 Å². The molecule has 0 saturated heterocycles. The number of H-pyrrole nitrogens is 1. The molecule has 1 aromatic heterocycles. The predicted molar refractivity (Wildman–Crippen MR) is 129 cm³/mol. The maximum Gasteiger partial charge on any atom is 0.251 e. The first-order chi connectivity index (χ1) is 15.9. The maximum absolute atomic E-state index is 13.2. The van der Waals surface area contributed by atoms with Crippen molar-refractivity contribution in [3.63, 3.8) is 0 Å². The summed E-state index contributed by atoms with van der Waals surface area (Å²) in [6.45, 7) is 5.98. The third kappa shape index (κ3) is 5.22. The van der Waals surface area contributed by atoms with Crippen molar-refractivity contribution < 1.29 is 9.59 Å². The monoisotopic (exact) mass is 449 g/mol. The summed E-state index contributed by atoms with van der Waals surface area (Å²) in [6.07, 6.45) is 5.06. The summed E-state index contributed by atoms with van der Waals surface area (Å²) >= 11 is 0. The average Bonchev–Trinajstić information content (AvgIpc) is 3.15. The van der Waals surface area contributed by atoms with Crippen LogP contribution in [0.1, 0.15) is 67.6 Å². The molecular formula is C26H35N5O2. The van der Waals surface area contributed by atoms with Gasteiger partial charge in [0.15, 0.2) is 0 Å². The van der Waals surface area contributed by atoms with Crippen molar-refractivity contribution in [3.8, 4) is 6.07 Å². The third-order valence-electron chi connectivity index (χ3n) is 7.03. The minimum atomic E-state index is -0.490. The SMILES string of the molecule is CC(C)C[C@@H](C#N)NC(=O)[C@@H]1CCCC[C@@H]1NC(=O)c1ccc2[nH]c3c(c2c1)CN(C)CC3. The highest BCUT2D eigenvalue weighted by molar-refractivity contribution is 5.99. The zero-order chi connectivity index (χ0) is 23.5. The first-order valence-electron chi connectivity index (χ1n) is 12.2. The molecule has 176 valence electrons. The van der Waals surface area contributed by atoms with Crippen LogP contribution in [0, 0.1) is 23.2 Å². The molecule has 1 saturated carbocycles. The second kappa shape index (κ2) is 9.96. The smallest absolute Gasteiger partial charge is 0.251 e. The van der Waals surface area contributed by atoms with E-state index in [9.17, 15) is 14.9 Å². The number of nitrogens with zero attached hydrogens (tertiary/aromatic N) is 2. The Morgan fingerprint density at radius 1 is 1.27 bits per heavy atom. The molecule has 33 heavy (non-hydrogen) atoms. The van der Waals surface area contributed by atoms with E-state index < -0.39 is 6.04 Å². The van der Waals surface area contributed by atoms with Crippen molar-refractivity contribution in [1.29, 1.82) is 5.26 Å². The van der Waals surface area contributed by atoms with Crippen LogP contribution in [0.5, 0.6) is 0 Å². The fraction of sp³-hybridized carbons (Fsp3) is 0.577. The molecule has 1 aromatic carbocycles. The van der Waals surface area contributed by atoms with Gasteiger partial charge in [0.05, 0.1) is 12.0 Å². The quantitative estimate of drug-likeness (QED) is 0.628. The highest BCUT2D eigenvalue weighted by Crippen LogP contribution is 2.29. The lowest BCUT2D eigenvalue weighted by Crippen LogP contribution is -2.50. The number of rotatable bonds is 6. The van der Waals surface area contributed by atoms with Gasteiger partial charge in [-0.25, -0.2) is 0 Å². The lowest BCUT2D eigenvalue weighted by molar-refractivity contribution is -0.127. The van der Waals surface area contributed by atoms with Crippen LogP contribution in [-0.2, 0) is 17.8 Å². The number of fused-ring (bicyclic) bond motifs is 3. The van der Waals surface area contributed by atoms with Crippen molar-refractivity contribution in [1.82, 2.24) is 20.5 Å². The Morgan fingerprint density at radius 2 is 2.06 bits per heavy atom. The molecule has 0 unspecified atom stereocenters. The summed E-state index contributed by atoms with van der Waals surface area (Å²) in [5.74, 6) is -0.237. The Bertz CT molecular complexity index is 1070. The molecule has 7 nitrogen and oxygen atoms in total. The fourth-order valence-electron chi connectivity index (χ4n) is 5.25. The summed E-state index contributed by atoms with van der Waals surface area (Å²) < 4.78 is 0. The molecule has 1 aliphatic heterocycles. The summed E-state index contributed by atoms with van der Waals surface area (Å²) in [7, 11) is 2.12. The molecule has 0 radical (unpaired) electrons. The second-order valence-corrected chi connectivity index (χ2v) is 10.1. The van der Waals surface area contributed by atoms with Gasteiger partial charge in [0, 0.05) is 47.7 Å². The number of aromatic nitrogens is 1. The van der Waals surface area contributed by atoms with Gasteiger partial charge in [-0.3, -0.25) is 9.59 Å². The number of carbonyl (C=O) groups is 2. The summed E-state index contributed by atoms with van der Waals surface area (Å²) in [5, 5.41) is 16.6. The standard InChI is InChI=1S/C26H35N5O2/c1-16(2)12-18(14-27)28-26(33)19-6-4-5-7-22(19)30-25(32)17-8-9-23-20(13-17)21-15-31(3)11-10-24(21)29-23/h8-9,13,16,18-19,22,29H,4-7,10-12,15H2,1-3H3,(H,28,33)(H,30,32)/t18-,19+,22-/m0/s1. The molecule has 2 heterocycles. The minimum absolute atomic E-state index is 0.120. The Balaban J connectivity index is 1.48. The van der Waals surface area contributed by atoms with E-state index in [1.165, 1.54) is 11.3 Å². The number of nitriles is 1. The number of carbonyl (C=O) groups excluding carboxylic acids is 2. The Hall–Kier alpha value is -2.85. The van der Waals surface area contributed by atoms with Crippen LogP contribution in [0.15, 0.2) is 18.2 Å². The largest absolute Gasteiger partial charge is 0.358 e. The zero-order valence-electron chi connectivity index (χ0n) is 19.9. The van der Waals surface area contributed by atoms with Gasteiger partial charge in [0.25, 0.3) is 5.91 Å².